The molecule has 1 fully saturated rings. The molecule has 6 nitrogen and oxygen atoms in total. The van der Waals surface area contributed by atoms with Crippen LogP contribution in [0.5, 0.6) is 0 Å². The monoisotopic (exact) mass is 444 g/mol. The lowest BCUT2D eigenvalue weighted by Gasteiger charge is -2.36. The van der Waals surface area contributed by atoms with Gasteiger partial charge in [0.2, 0.25) is 5.95 Å². The molecule has 4 heterocycles. The van der Waals surface area contributed by atoms with Crippen molar-refractivity contribution in [1.29, 1.82) is 0 Å². The van der Waals surface area contributed by atoms with E-state index >= 15 is 0 Å². The molecule has 32 heavy (non-hydrogen) atoms. The van der Waals surface area contributed by atoms with Crippen molar-refractivity contribution < 1.29 is 0 Å². The highest BCUT2D eigenvalue weighted by Crippen LogP contribution is 2.32. The molecule has 4 aromatic rings. The summed E-state index contributed by atoms with van der Waals surface area (Å²) >= 11 is 1.79. The molecule has 0 radical (unpaired) electrons. The Hall–Kier alpha value is -3.06. The van der Waals surface area contributed by atoms with E-state index < -0.39 is 0 Å². The van der Waals surface area contributed by atoms with Crippen molar-refractivity contribution in [1.82, 2.24) is 19.9 Å². The zero-order chi connectivity index (χ0) is 22.1. The maximum absolute atomic E-state index is 5.07. The van der Waals surface area contributed by atoms with Gasteiger partial charge in [-0.15, -0.1) is 11.3 Å². The Balaban J connectivity index is 1.43. The summed E-state index contributed by atoms with van der Waals surface area (Å²) in [5, 5.41) is 1.18. The van der Waals surface area contributed by atoms with Crippen molar-refractivity contribution in [2.45, 2.75) is 33.6 Å². The highest BCUT2D eigenvalue weighted by molar-refractivity contribution is 7.18. The van der Waals surface area contributed by atoms with E-state index in [0.717, 1.165) is 72.8 Å². The molecule has 0 spiro atoms. The number of thiophene rings is 1. The van der Waals surface area contributed by atoms with Gasteiger partial charge >= 0.3 is 0 Å². The molecule has 164 valence electrons. The van der Waals surface area contributed by atoms with Gasteiger partial charge in [0.25, 0.3) is 0 Å². The molecule has 0 saturated carbocycles. The molecule has 3 aromatic heterocycles. The third-order valence-electron chi connectivity index (χ3n) is 5.86. The van der Waals surface area contributed by atoms with Crippen LogP contribution >= 0.6 is 11.3 Å². The second kappa shape index (κ2) is 8.82. The van der Waals surface area contributed by atoms with E-state index in [2.05, 4.69) is 57.0 Å². The minimum Gasteiger partial charge on any atom is -0.352 e. The Morgan fingerprint density at radius 2 is 1.53 bits per heavy atom. The van der Waals surface area contributed by atoms with Gasteiger partial charge in [0, 0.05) is 48.9 Å². The van der Waals surface area contributed by atoms with Gasteiger partial charge in [-0.2, -0.15) is 0 Å². The summed E-state index contributed by atoms with van der Waals surface area (Å²) in [6.07, 6.45) is 1.77. The molecule has 0 amide bonds. The maximum atomic E-state index is 5.07. The molecule has 0 aliphatic carbocycles. The Morgan fingerprint density at radius 3 is 2.22 bits per heavy atom. The Bertz CT molecular complexity index is 1210. The van der Waals surface area contributed by atoms with Crippen LogP contribution in [0.2, 0.25) is 0 Å². The first-order valence-corrected chi connectivity index (χ1v) is 12.1. The van der Waals surface area contributed by atoms with Gasteiger partial charge < -0.3 is 9.80 Å². The van der Waals surface area contributed by atoms with Crippen molar-refractivity contribution in [2.75, 3.05) is 36.0 Å². The Morgan fingerprint density at radius 1 is 0.844 bits per heavy atom. The average molecular weight is 445 g/mol. The number of benzene rings is 1. The molecule has 0 unspecified atom stereocenters. The first-order valence-electron chi connectivity index (χ1n) is 11.2. The minimum atomic E-state index is 0.750. The van der Waals surface area contributed by atoms with Crippen LogP contribution in [0, 0.1) is 13.8 Å². The molecular weight excluding hydrogens is 416 g/mol. The molecule has 1 aliphatic rings. The highest BCUT2D eigenvalue weighted by Gasteiger charge is 2.23. The molecular formula is C25H28N6S. The molecule has 0 bridgehead atoms. The predicted octanol–water partition coefficient (Wildman–Crippen LogP) is 4.58. The van der Waals surface area contributed by atoms with Gasteiger partial charge in [0.05, 0.1) is 5.39 Å². The summed E-state index contributed by atoms with van der Waals surface area (Å²) in [6.45, 7) is 9.81. The zero-order valence-corrected chi connectivity index (χ0v) is 19.7. The first-order chi connectivity index (χ1) is 15.6. The van der Waals surface area contributed by atoms with E-state index in [0.29, 0.717) is 0 Å². The lowest BCUT2D eigenvalue weighted by molar-refractivity contribution is 0.633. The van der Waals surface area contributed by atoms with Crippen molar-refractivity contribution in [3.63, 3.8) is 0 Å². The van der Waals surface area contributed by atoms with Crippen LogP contribution < -0.4 is 9.80 Å². The summed E-state index contributed by atoms with van der Waals surface area (Å²) in [5.74, 6) is 2.80. The molecule has 7 heteroatoms. The zero-order valence-electron chi connectivity index (χ0n) is 18.9. The van der Waals surface area contributed by atoms with E-state index in [-0.39, 0.29) is 0 Å². The van der Waals surface area contributed by atoms with Crippen molar-refractivity contribution in [3.05, 3.63) is 70.1 Å². The van der Waals surface area contributed by atoms with Crippen LogP contribution in [-0.4, -0.2) is 46.1 Å². The van der Waals surface area contributed by atoms with Crippen LogP contribution in [0.15, 0.2) is 42.5 Å². The molecule has 1 aliphatic heterocycles. The molecule has 0 atom stereocenters. The lowest BCUT2D eigenvalue weighted by Crippen LogP contribution is -2.47. The van der Waals surface area contributed by atoms with Crippen LogP contribution in [0.4, 0.5) is 11.8 Å². The number of rotatable bonds is 5. The van der Waals surface area contributed by atoms with Gasteiger partial charge in [-0.05, 0) is 38.0 Å². The number of aryl methyl sites for hydroxylation is 3. The van der Waals surface area contributed by atoms with Crippen LogP contribution in [0.25, 0.3) is 10.2 Å². The Labute approximate surface area is 193 Å². The van der Waals surface area contributed by atoms with Gasteiger partial charge in [0.15, 0.2) is 0 Å². The van der Waals surface area contributed by atoms with Gasteiger partial charge in [0.1, 0.15) is 16.5 Å². The maximum Gasteiger partial charge on any atom is 0.225 e. The number of piperazine rings is 1. The van der Waals surface area contributed by atoms with Crippen LogP contribution in [0.1, 0.15) is 34.6 Å². The Kier molecular flexibility index (Phi) is 5.74. The van der Waals surface area contributed by atoms with E-state index in [1.54, 1.807) is 11.3 Å². The van der Waals surface area contributed by atoms with E-state index in [4.69, 9.17) is 9.97 Å². The fourth-order valence-electron chi connectivity index (χ4n) is 4.24. The summed E-state index contributed by atoms with van der Waals surface area (Å²) in [5.41, 5.74) is 3.27. The SMILES string of the molecule is CCc1cc2c(N3CCN(c4nc(C)cc(C)n4)CC3)nc(Cc3ccccc3)nc2s1. The first kappa shape index (κ1) is 20.8. The largest absolute Gasteiger partial charge is 0.352 e. The number of hydrogen-bond donors (Lipinski definition) is 0. The summed E-state index contributed by atoms with van der Waals surface area (Å²) in [4.78, 5) is 26.4. The van der Waals surface area contributed by atoms with E-state index in [9.17, 15) is 0 Å². The predicted molar refractivity (Wildman–Crippen MR) is 132 cm³/mol. The molecule has 1 aromatic carbocycles. The van der Waals surface area contributed by atoms with E-state index in [1.165, 1.54) is 15.8 Å². The fraction of sp³-hybridized carbons (Fsp3) is 0.360. The number of hydrogen-bond acceptors (Lipinski definition) is 7. The summed E-state index contributed by atoms with van der Waals surface area (Å²) < 4.78 is 0. The second-order valence-electron chi connectivity index (χ2n) is 8.34. The molecule has 0 N–H and O–H groups in total. The second-order valence-corrected chi connectivity index (χ2v) is 9.45. The molecule has 5 rings (SSSR count). The fourth-order valence-corrected chi connectivity index (χ4v) is 5.22. The number of anilines is 2. The van der Waals surface area contributed by atoms with Gasteiger partial charge in [-0.25, -0.2) is 19.9 Å². The number of nitrogens with zero attached hydrogens (tertiary/aromatic N) is 6. The summed E-state index contributed by atoms with van der Waals surface area (Å²) in [6, 6.07) is 14.8. The quantitative estimate of drug-likeness (QED) is 0.449. The van der Waals surface area contributed by atoms with Gasteiger partial charge in [-0.3, -0.25) is 0 Å². The third-order valence-corrected chi connectivity index (χ3v) is 7.03. The van der Waals surface area contributed by atoms with Crippen LogP contribution in [0.3, 0.4) is 0 Å². The average Bonchev–Trinajstić information content (AvgIpc) is 3.22. The standard InChI is InChI=1S/C25H28N6S/c1-4-20-16-21-23(28-22(29-24(21)32-20)15-19-8-6-5-7-9-19)30-10-12-31(13-11-30)25-26-17(2)14-18(3)27-25/h5-9,14,16H,4,10-13,15H2,1-3H3. The number of aromatic nitrogens is 4. The smallest absolute Gasteiger partial charge is 0.225 e. The lowest BCUT2D eigenvalue weighted by atomic mass is 10.1. The number of fused-ring (bicyclic) bond motifs is 1. The topological polar surface area (TPSA) is 58.0 Å². The molecule has 1 saturated heterocycles. The highest BCUT2D eigenvalue weighted by atomic mass is 32.1. The van der Waals surface area contributed by atoms with Crippen molar-refractivity contribution in [3.8, 4) is 0 Å². The minimum absolute atomic E-state index is 0.750. The third kappa shape index (κ3) is 4.30. The van der Waals surface area contributed by atoms with Crippen molar-refractivity contribution >= 4 is 33.3 Å². The van der Waals surface area contributed by atoms with Crippen LogP contribution in [-0.2, 0) is 12.8 Å². The van der Waals surface area contributed by atoms with Crippen molar-refractivity contribution in [2.24, 2.45) is 0 Å². The van der Waals surface area contributed by atoms with Gasteiger partial charge in [-0.1, -0.05) is 37.3 Å². The van der Waals surface area contributed by atoms with E-state index in [1.807, 2.05) is 26.0 Å². The normalized spacial score (nSPS) is 14.3. The summed E-state index contributed by atoms with van der Waals surface area (Å²) in [7, 11) is 0.